The molecule has 0 bridgehead atoms. The van der Waals surface area contributed by atoms with Gasteiger partial charge in [-0.05, 0) is 50.8 Å². The predicted octanol–water partition coefficient (Wildman–Crippen LogP) is 3.01. The van der Waals surface area contributed by atoms with Crippen molar-refractivity contribution in [3.05, 3.63) is 48.3 Å². The molecule has 1 aliphatic heterocycles. The lowest BCUT2D eigenvalue weighted by molar-refractivity contribution is 0.0740. The van der Waals surface area contributed by atoms with Crippen LogP contribution in [0.4, 0.5) is 5.69 Å². The van der Waals surface area contributed by atoms with Crippen LogP contribution in [0.1, 0.15) is 41.9 Å². The number of nitrogens with zero attached hydrogens (tertiary/aromatic N) is 6. The van der Waals surface area contributed by atoms with Gasteiger partial charge in [-0.25, -0.2) is 15.0 Å². The van der Waals surface area contributed by atoms with E-state index >= 15 is 0 Å². The number of fused-ring (bicyclic) bond motifs is 1. The molecule has 1 saturated heterocycles. The summed E-state index contributed by atoms with van der Waals surface area (Å²) in [5.41, 5.74) is 3.19. The summed E-state index contributed by atoms with van der Waals surface area (Å²) in [6, 6.07) is 6.22. The van der Waals surface area contributed by atoms with Crippen molar-refractivity contribution in [2.24, 2.45) is 0 Å². The molecule has 2 aromatic heterocycles. The lowest BCUT2D eigenvalue weighted by Gasteiger charge is -2.36. The normalized spacial score (nSPS) is 17.3. The van der Waals surface area contributed by atoms with E-state index in [1.54, 1.807) is 18.7 Å². The number of piperazine rings is 1. The monoisotopic (exact) mass is 418 g/mol. The van der Waals surface area contributed by atoms with E-state index in [0.717, 1.165) is 48.2 Å². The van der Waals surface area contributed by atoms with E-state index in [-0.39, 0.29) is 12.0 Å². The van der Waals surface area contributed by atoms with Crippen LogP contribution in [0.25, 0.3) is 10.9 Å². The smallest absolute Gasteiger partial charge is 0.274 e. The van der Waals surface area contributed by atoms with Crippen molar-refractivity contribution < 1.29 is 9.53 Å². The lowest BCUT2D eigenvalue weighted by Crippen LogP contribution is -2.49. The molecular formula is C23H26N6O2. The average Bonchev–Trinajstić information content (AvgIpc) is 3.32. The van der Waals surface area contributed by atoms with E-state index in [4.69, 9.17) is 4.74 Å². The maximum atomic E-state index is 12.7. The van der Waals surface area contributed by atoms with Gasteiger partial charge in [0.25, 0.3) is 5.91 Å². The van der Waals surface area contributed by atoms with Crippen LogP contribution >= 0.6 is 0 Å². The van der Waals surface area contributed by atoms with Crippen molar-refractivity contribution in [1.29, 1.82) is 0 Å². The van der Waals surface area contributed by atoms with Gasteiger partial charge < -0.3 is 14.5 Å². The summed E-state index contributed by atoms with van der Waals surface area (Å²) in [6.45, 7) is 4.65. The minimum atomic E-state index is -0.0636. The molecule has 0 radical (unpaired) electrons. The van der Waals surface area contributed by atoms with Crippen LogP contribution in [0.3, 0.4) is 0 Å². The van der Waals surface area contributed by atoms with Gasteiger partial charge in [-0.3, -0.25) is 9.78 Å². The molecule has 3 heterocycles. The molecule has 8 nitrogen and oxygen atoms in total. The minimum Gasteiger partial charge on any atom is -0.474 e. The zero-order chi connectivity index (χ0) is 21.2. The molecule has 0 spiro atoms. The van der Waals surface area contributed by atoms with Gasteiger partial charge in [-0.15, -0.1) is 0 Å². The predicted molar refractivity (Wildman–Crippen MR) is 117 cm³/mol. The summed E-state index contributed by atoms with van der Waals surface area (Å²) in [5.74, 6) is 0.608. The fourth-order valence-corrected chi connectivity index (χ4v) is 4.31. The molecule has 1 aliphatic carbocycles. The Labute approximate surface area is 181 Å². The molecule has 1 aromatic carbocycles. The summed E-state index contributed by atoms with van der Waals surface area (Å²) < 4.78 is 6.20. The summed E-state index contributed by atoms with van der Waals surface area (Å²) in [4.78, 5) is 34.1. The molecule has 160 valence electrons. The quantitative estimate of drug-likeness (QED) is 0.644. The zero-order valence-electron chi connectivity index (χ0n) is 17.7. The van der Waals surface area contributed by atoms with Gasteiger partial charge in [0.2, 0.25) is 5.88 Å². The Bertz CT molecular complexity index is 1070. The first-order valence-corrected chi connectivity index (χ1v) is 10.9. The highest BCUT2D eigenvalue weighted by atomic mass is 16.5. The number of hydrogen-bond donors (Lipinski definition) is 0. The number of carbonyl (C=O) groups is 1. The number of rotatable bonds is 4. The molecular weight excluding hydrogens is 392 g/mol. The fraction of sp³-hybridized carbons (Fsp3) is 0.435. The Morgan fingerprint density at radius 2 is 1.81 bits per heavy atom. The van der Waals surface area contributed by atoms with Crippen molar-refractivity contribution >= 4 is 22.5 Å². The van der Waals surface area contributed by atoms with E-state index in [1.807, 2.05) is 17.9 Å². The van der Waals surface area contributed by atoms with Crippen LogP contribution < -0.4 is 9.64 Å². The maximum absolute atomic E-state index is 12.7. The second kappa shape index (κ2) is 8.45. The molecule has 5 rings (SSSR count). The first-order chi connectivity index (χ1) is 15.2. The van der Waals surface area contributed by atoms with E-state index in [9.17, 15) is 4.79 Å². The Balaban J connectivity index is 1.30. The Morgan fingerprint density at radius 1 is 1.00 bits per heavy atom. The van der Waals surface area contributed by atoms with Gasteiger partial charge in [-0.2, -0.15) is 0 Å². The molecule has 3 aromatic rings. The summed E-state index contributed by atoms with van der Waals surface area (Å²) in [7, 11) is 0. The van der Waals surface area contributed by atoms with Crippen molar-refractivity contribution in [2.75, 3.05) is 31.1 Å². The van der Waals surface area contributed by atoms with Crippen molar-refractivity contribution in [3.8, 4) is 5.88 Å². The molecule has 8 heteroatoms. The largest absolute Gasteiger partial charge is 0.474 e. The topological polar surface area (TPSA) is 84.3 Å². The number of ether oxygens (including phenoxy) is 1. The summed E-state index contributed by atoms with van der Waals surface area (Å²) in [5, 5.41) is 0.945. The molecule has 0 N–H and O–H groups in total. The number of carbonyl (C=O) groups excluding carboxylic acids is 1. The van der Waals surface area contributed by atoms with Crippen LogP contribution in [-0.2, 0) is 0 Å². The third kappa shape index (κ3) is 4.15. The minimum absolute atomic E-state index is 0.0636. The van der Waals surface area contributed by atoms with Crippen molar-refractivity contribution in [3.63, 3.8) is 0 Å². The van der Waals surface area contributed by atoms with E-state index in [0.29, 0.717) is 24.7 Å². The number of amides is 1. The molecule has 1 saturated carbocycles. The molecule has 1 amide bonds. The Hall–Kier alpha value is -3.29. The Morgan fingerprint density at radius 3 is 2.55 bits per heavy atom. The standard InChI is InChI=1S/C23H26N6O2/c1-16-13-25-21(14-24-16)23(30)29-10-8-28(9-11-29)17-6-7-20-19(12-17)22(27-15-26-20)31-18-4-2-3-5-18/h6-7,12-15,18H,2-5,8-11H2,1H3. The SMILES string of the molecule is Cc1cnc(C(=O)N2CCN(c3ccc4ncnc(OC5CCCC5)c4c3)CC2)cn1. The van der Waals surface area contributed by atoms with Crippen LogP contribution in [-0.4, -0.2) is 63.0 Å². The first-order valence-electron chi connectivity index (χ1n) is 10.9. The zero-order valence-corrected chi connectivity index (χ0v) is 17.7. The van der Waals surface area contributed by atoms with Crippen molar-refractivity contribution in [2.45, 2.75) is 38.7 Å². The van der Waals surface area contributed by atoms with Crippen LogP contribution in [0.5, 0.6) is 5.88 Å². The average molecular weight is 419 g/mol. The van der Waals surface area contributed by atoms with Gasteiger partial charge in [0.05, 0.1) is 22.8 Å². The highest BCUT2D eigenvalue weighted by molar-refractivity contribution is 5.92. The summed E-state index contributed by atoms with van der Waals surface area (Å²) >= 11 is 0. The highest BCUT2D eigenvalue weighted by Crippen LogP contribution is 2.30. The van der Waals surface area contributed by atoms with E-state index < -0.39 is 0 Å². The van der Waals surface area contributed by atoms with Crippen LogP contribution in [0, 0.1) is 6.92 Å². The van der Waals surface area contributed by atoms with Crippen LogP contribution in [0.15, 0.2) is 36.9 Å². The lowest BCUT2D eigenvalue weighted by atomic mass is 10.1. The molecule has 2 aliphatic rings. The number of aromatic nitrogens is 4. The number of benzene rings is 1. The third-order valence-corrected chi connectivity index (χ3v) is 6.09. The number of aryl methyl sites for hydroxylation is 1. The second-order valence-corrected chi connectivity index (χ2v) is 8.23. The number of hydrogen-bond acceptors (Lipinski definition) is 7. The number of anilines is 1. The van der Waals surface area contributed by atoms with Gasteiger partial charge in [0.15, 0.2) is 0 Å². The maximum Gasteiger partial charge on any atom is 0.274 e. The second-order valence-electron chi connectivity index (χ2n) is 8.23. The first kappa shape index (κ1) is 19.7. The van der Waals surface area contributed by atoms with Crippen LogP contribution in [0.2, 0.25) is 0 Å². The van der Waals surface area contributed by atoms with Gasteiger partial charge in [0.1, 0.15) is 18.1 Å². The van der Waals surface area contributed by atoms with Gasteiger partial charge in [0, 0.05) is 38.1 Å². The summed E-state index contributed by atoms with van der Waals surface area (Å²) in [6.07, 6.45) is 9.63. The van der Waals surface area contributed by atoms with E-state index in [1.165, 1.54) is 12.8 Å². The highest BCUT2D eigenvalue weighted by Gasteiger charge is 2.24. The fourth-order valence-electron chi connectivity index (χ4n) is 4.31. The molecule has 0 unspecified atom stereocenters. The molecule has 31 heavy (non-hydrogen) atoms. The van der Waals surface area contributed by atoms with Crippen molar-refractivity contribution in [1.82, 2.24) is 24.8 Å². The van der Waals surface area contributed by atoms with Gasteiger partial charge >= 0.3 is 0 Å². The van der Waals surface area contributed by atoms with Gasteiger partial charge in [-0.1, -0.05) is 0 Å². The third-order valence-electron chi connectivity index (χ3n) is 6.09. The molecule has 0 atom stereocenters. The van der Waals surface area contributed by atoms with E-state index in [2.05, 4.69) is 37.0 Å². The molecule has 2 fully saturated rings. The Kier molecular flexibility index (Phi) is 5.36.